The summed E-state index contributed by atoms with van der Waals surface area (Å²) < 4.78 is 22.2. The Balaban J connectivity index is 0.00000420. The van der Waals surface area contributed by atoms with E-state index in [2.05, 4.69) is 15.6 Å². The van der Waals surface area contributed by atoms with Gasteiger partial charge in [-0.15, -0.1) is 24.0 Å². The molecule has 2 N–H and O–H groups in total. The van der Waals surface area contributed by atoms with Gasteiger partial charge in [0.15, 0.2) is 17.5 Å². The fourth-order valence-corrected chi connectivity index (χ4v) is 3.45. The quantitative estimate of drug-likeness (QED) is 0.170. The van der Waals surface area contributed by atoms with E-state index in [0.717, 1.165) is 18.1 Å². The number of aliphatic imine (C=N–C) groups is 1. The number of halogens is 1. The van der Waals surface area contributed by atoms with E-state index in [4.69, 9.17) is 18.9 Å². The molecule has 166 valence electrons. The monoisotopic (exact) mass is 521 g/mol. The van der Waals surface area contributed by atoms with Crippen LogP contribution in [0.4, 0.5) is 0 Å². The fourth-order valence-electron chi connectivity index (χ4n) is 3.45. The van der Waals surface area contributed by atoms with Crippen LogP contribution in [0.3, 0.4) is 0 Å². The van der Waals surface area contributed by atoms with Crippen molar-refractivity contribution in [1.29, 1.82) is 0 Å². The highest BCUT2D eigenvalue weighted by Gasteiger charge is 2.14. The molecule has 0 unspecified atom stereocenters. The Morgan fingerprint density at radius 1 is 0.966 bits per heavy atom. The summed E-state index contributed by atoms with van der Waals surface area (Å²) in [5.41, 5.74) is 1.01. The summed E-state index contributed by atoms with van der Waals surface area (Å²) in [7, 11) is 6.59. The van der Waals surface area contributed by atoms with Crippen molar-refractivity contribution in [2.45, 2.75) is 51.2 Å². The lowest BCUT2D eigenvalue weighted by atomic mass is 10.1. The number of hydrogen-bond acceptors (Lipinski definition) is 5. The lowest BCUT2D eigenvalue weighted by Gasteiger charge is -2.17. The van der Waals surface area contributed by atoms with Crippen molar-refractivity contribution >= 4 is 29.9 Å². The van der Waals surface area contributed by atoms with E-state index in [-0.39, 0.29) is 24.0 Å². The molecule has 1 aliphatic rings. The zero-order valence-corrected chi connectivity index (χ0v) is 20.4. The molecule has 0 heterocycles. The van der Waals surface area contributed by atoms with Crippen molar-refractivity contribution in [1.82, 2.24) is 10.6 Å². The van der Waals surface area contributed by atoms with E-state index in [1.54, 1.807) is 28.4 Å². The number of guanidine groups is 1. The molecule has 0 radical (unpaired) electrons. The Morgan fingerprint density at radius 2 is 1.59 bits per heavy atom. The second-order valence-corrected chi connectivity index (χ2v) is 6.87. The Morgan fingerprint density at radius 3 is 2.10 bits per heavy atom. The maximum Gasteiger partial charge on any atom is 0.203 e. The molecule has 1 fully saturated rings. The summed E-state index contributed by atoms with van der Waals surface area (Å²) in [5, 5.41) is 6.61. The van der Waals surface area contributed by atoms with E-state index in [1.165, 1.54) is 38.5 Å². The SMILES string of the molecule is CN=C(NCCOC1CCCCCC1)NCc1cc(OC)c(OC)c(OC)c1.I. The first-order valence-electron chi connectivity index (χ1n) is 10.1. The third-order valence-corrected chi connectivity index (χ3v) is 4.96. The fraction of sp³-hybridized carbons (Fsp3) is 0.667. The minimum atomic E-state index is 0. The molecule has 0 amide bonds. The van der Waals surface area contributed by atoms with E-state index < -0.39 is 0 Å². The van der Waals surface area contributed by atoms with E-state index >= 15 is 0 Å². The van der Waals surface area contributed by atoms with Crippen LogP contribution >= 0.6 is 24.0 Å². The molecule has 0 aromatic heterocycles. The molecular weight excluding hydrogens is 485 g/mol. The number of nitrogens with zero attached hydrogens (tertiary/aromatic N) is 1. The van der Waals surface area contributed by atoms with Crippen LogP contribution in [0, 0.1) is 0 Å². The second kappa shape index (κ2) is 14.5. The molecule has 2 rings (SSSR count). The van der Waals surface area contributed by atoms with Gasteiger partial charge in [-0.05, 0) is 30.5 Å². The van der Waals surface area contributed by atoms with Gasteiger partial charge in [-0.2, -0.15) is 0 Å². The second-order valence-electron chi connectivity index (χ2n) is 6.87. The first kappa shape index (κ1) is 25.6. The largest absolute Gasteiger partial charge is 0.493 e. The van der Waals surface area contributed by atoms with Crippen molar-refractivity contribution in [3.63, 3.8) is 0 Å². The molecule has 0 bridgehead atoms. The van der Waals surface area contributed by atoms with Gasteiger partial charge in [0.05, 0.1) is 34.0 Å². The number of nitrogens with one attached hydrogen (secondary N) is 2. The third-order valence-electron chi connectivity index (χ3n) is 4.96. The standard InChI is InChI=1S/C21H35N3O4.HI/c1-22-21(23-11-12-28-17-9-7-5-6-8-10-17)24-15-16-13-18(25-2)20(27-4)19(14-16)26-3;/h13-14,17H,5-12,15H2,1-4H3,(H2,22,23,24);1H. The van der Waals surface area contributed by atoms with Gasteiger partial charge in [-0.3, -0.25) is 4.99 Å². The van der Waals surface area contributed by atoms with Crippen molar-refractivity contribution in [2.75, 3.05) is 41.5 Å². The highest BCUT2D eigenvalue weighted by Crippen LogP contribution is 2.38. The Bertz CT molecular complexity index is 595. The molecule has 1 aromatic rings. The molecule has 1 aromatic carbocycles. The molecule has 29 heavy (non-hydrogen) atoms. The average Bonchev–Trinajstić information content (AvgIpc) is 3.01. The van der Waals surface area contributed by atoms with Gasteiger partial charge in [0, 0.05) is 20.1 Å². The summed E-state index contributed by atoms with van der Waals surface area (Å²) in [4.78, 5) is 4.27. The number of benzene rings is 1. The van der Waals surface area contributed by atoms with E-state index in [0.29, 0.717) is 36.5 Å². The molecule has 1 saturated carbocycles. The maximum absolute atomic E-state index is 6.01. The smallest absolute Gasteiger partial charge is 0.203 e. The number of hydrogen-bond donors (Lipinski definition) is 2. The van der Waals surface area contributed by atoms with Crippen LogP contribution in [0.25, 0.3) is 0 Å². The predicted octanol–water partition coefficient (Wildman–Crippen LogP) is 3.73. The topological polar surface area (TPSA) is 73.3 Å². The zero-order chi connectivity index (χ0) is 20.2. The number of ether oxygens (including phenoxy) is 4. The summed E-state index contributed by atoms with van der Waals surface area (Å²) in [6, 6.07) is 3.85. The summed E-state index contributed by atoms with van der Waals surface area (Å²) in [6.45, 7) is 2.00. The van der Waals surface area contributed by atoms with Crippen LogP contribution in [0.2, 0.25) is 0 Å². The maximum atomic E-state index is 6.01. The average molecular weight is 521 g/mol. The first-order valence-corrected chi connectivity index (χ1v) is 10.1. The van der Waals surface area contributed by atoms with Crippen molar-refractivity contribution < 1.29 is 18.9 Å². The van der Waals surface area contributed by atoms with Gasteiger partial charge in [0.2, 0.25) is 5.75 Å². The molecule has 7 nitrogen and oxygen atoms in total. The zero-order valence-electron chi connectivity index (χ0n) is 18.1. The Labute approximate surface area is 191 Å². The van der Waals surface area contributed by atoms with Crippen LogP contribution in [0.15, 0.2) is 17.1 Å². The summed E-state index contributed by atoms with van der Waals surface area (Å²) >= 11 is 0. The molecule has 1 aliphatic carbocycles. The molecular formula is C21H36IN3O4. The first-order chi connectivity index (χ1) is 13.7. The normalized spacial score (nSPS) is 15.1. The molecule has 0 aliphatic heterocycles. The van der Waals surface area contributed by atoms with Crippen LogP contribution in [0.1, 0.15) is 44.1 Å². The Kier molecular flexibility index (Phi) is 12.8. The molecule has 0 atom stereocenters. The van der Waals surface area contributed by atoms with Gasteiger partial charge in [0.1, 0.15) is 0 Å². The minimum Gasteiger partial charge on any atom is -0.493 e. The van der Waals surface area contributed by atoms with Gasteiger partial charge in [-0.1, -0.05) is 25.7 Å². The van der Waals surface area contributed by atoms with Crippen LogP contribution in [-0.4, -0.2) is 53.6 Å². The number of rotatable bonds is 9. The van der Waals surface area contributed by atoms with E-state index in [9.17, 15) is 0 Å². The minimum absolute atomic E-state index is 0. The van der Waals surface area contributed by atoms with Gasteiger partial charge < -0.3 is 29.6 Å². The highest BCUT2D eigenvalue weighted by molar-refractivity contribution is 14.0. The third kappa shape index (κ3) is 8.46. The molecule has 0 saturated heterocycles. The summed E-state index contributed by atoms with van der Waals surface area (Å²) in [6.07, 6.45) is 8.05. The Hall–Kier alpha value is -1.42. The van der Waals surface area contributed by atoms with Gasteiger partial charge in [-0.25, -0.2) is 0 Å². The van der Waals surface area contributed by atoms with Crippen molar-refractivity contribution in [2.24, 2.45) is 4.99 Å². The number of methoxy groups -OCH3 is 3. The van der Waals surface area contributed by atoms with E-state index in [1.807, 2.05) is 12.1 Å². The lowest BCUT2D eigenvalue weighted by Crippen LogP contribution is -2.38. The van der Waals surface area contributed by atoms with Gasteiger partial charge in [0.25, 0.3) is 0 Å². The van der Waals surface area contributed by atoms with Crippen molar-refractivity contribution in [3.8, 4) is 17.2 Å². The van der Waals surface area contributed by atoms with Crippen molar-refractivity contribution in [3.05, 3.63) is 17.7 Å². The molecule has 8 heteroatoms. The van der Waals surface area contributed by atoms with Crippen LogP contribution < -0.4 is 24.8 Å². The predicted molar refractivity (Wildman–Crippen MR) is 127 cm³/mol. The lowest BCUT2D eigenvalue weighted by molar-refractivity contribution is 0.0468. The van der Waals surface area contributed by atoms with Gasteiger partial charge >= 0.3 is 0 Å². The van der Waals surface area contributed by atoms with Crippen LogP contribution in [0.5, 0.6) is 17.2 Å². The highest BCUT2D eigenvalue weighted by atomic mass is 127. The molecule has 0 spiro atoms. The van der Waals surface area contributed by atoms with Crippen LogP contribution in [-0.2, 0) is 11.3 Å². The summed E-state index contributed by atoms with van der Waals surface area (Å²) in [5.74, 6) is 2.60.